The van der Waals surface area contributed by atoms with Gasteiger partial charge in [-0.3, -0.25) is 0 Å². The molecule has 7 heteroatoms. The molecule has 0 unspecified atom stereocenters. The number of carboxylic acid groups (broad SMARTS) is 1. The lowest BCUT2D eigenvalue weighted by Crippen LogP contribution is -2.24. The molecule has 22 heavy (non-hydrogen) atoms. The molecule has 118 valence electrons. The Balaban J connectivity index is 1.77. The van der Waals surface area contributed by atoms with E-state index >= 15 is 0 Å². The van der Waals surface area contributed by atoms with Crippen molar-refractivity contribution in [1.82, 2.24) is 4.98 Å². The van der Waals surface area contributed by atoms with Gasteiger partial charge in [-0.1, -0.05) is 12.1 Å². The summed E-state index contributed by atoms with van der Waals surface area (Å²) in [6.07, 6.45) is -0.170. The van der Waals surface area contributed by atoms with Gasteiger partial charge in [-0.2, -0.15) is 0 Å². The average Bonchev–Trinajstić information content (AvgIpc) is 2.92. The molecule has 0 spiro atoms. The van der Waals surface area contributed by atoms with Crippen LogP contribution in [0, 0.1) is 0 Å². The van der Waals surface area contributed by atoms with Crippen molar-refractivity contribution in [3.63, 3.8) is 0 Å². The highest BCUT2D eigenvalue weighted by Gasteiger charge is 2.04. The maximum atomic E-state index is 10.5. The van der Waals surface area contributed by atoms with Crippen LogP contribution in [0.15, 0.2) is 29.6 Å². The molecule has 0 fully saturated rings. The maximum Gasteiger partial charge on any atom is 0.182 e. The van der Waals surface area contributed by atoms with Crippen LogP contribution >= 0.6 is 11.3 Å². The smallest absolute Gasteiger partial charge is 0.182 e. The van der Waals surface area contributed by atoms with Gasteiger partial charge >= 0.3 is 0 Å². The van der Waals surface area contributed by atoms with Crippen LogP contribution in [0.2, 0.25) is 0 Å². The van der Waals surface area contributed by atoms with Gasteiger partial charge in [0.25, 0.3) is 0 Å². The number of ether oxygens (including phenoxy) is 2. The Morgan fingerprint density at radius 3 is 2.73 bits per heavy atom. The number of nitrogens with zero attached hydrogens (tertiary/aromatic N) is 1. The third kappa shape index (κ3) is 4.92. The fourth-order valence-electron chi connectivity index (χ4n) is 1.78. The second-order valence-corrected chi connectivity index (χ2v) is 5.21. The molecule has 2 rings (SSSR count). The molecule has 0 saturated heterocycles. The van der Waals surface area contributed by atoms with Crippen LogP contribution in [0.25, 0.3) is 0 Å². The average molecular weight is 321 g/mol. The van der Waals surface area contributed by atoms with Gasteiger partial charge in [0.2, 0.25) is 0 Å². The molecule has 2 aromatic rings. The van der Waals surface area contributed by atoms with Crippen LogP contribution in [0.4, 0.5) is 5.13 Å². The summed E-state index contributed by atoms with van der Waals surface area (Å²) in [7, 11) is 0. The quantitative estimate of drug-likeness (QED) is 0.702. The molecule has 6 nitrogen and oxygen atoms in total. The molecular weight excluding hydrogens is 304 g/mol. The van der Waals surface area contributed by atoms with Crippen molar-refractivity contribution >= 4 is 22.4 Å². The monoisotopic (exact) mass is 321 g/mol. The van der Waals surface area contributed by atoms with E-state index in [4.69, 9.17) is 9.47 Å². The largest absolute Gasteiger partial charge is 0.550 e. The van der Waals surface area contributed by atoms with Crippen molar-refractivity contribution in [2.24, 2.45) is 0 Å². The zero-order chi connectivity index (χ0) is 15.8. The van der Waals surface area contributed by atoms with Crippen molar-refractivity contribution in [3.8, 4) is 11.5 Å². The van der Waals surface area contributed by atoms with E-state index in [2.05, 4.69) is 10.3 Å². The number of benzene rings is 1. The third-order valence-electron chi connectivity index (χ3n) is 2.66. The fourth-order valence-corrected chi connectivity index (χ4v) is 2.52. The minimum absolute atomic E-state index is 0.170. The molecule has 0 saturated carbocycles. The number of hydrogen-bond acceptors (Lipinski definition) is 7. The number of hydrogen-bond donors (Lipinski definition) is 1. The summed E-state index contributed by atoms with van der Waals surface area (Å²) in [6, 6.07) is 7.49. The number of carbonyl (C=O) groups is 1. The molecular formula is C15H17N2O4S-. The SMILES string of the molecule is CCOc1ccccc1OCCNc1nc(CC(=O)[O-])cs1. The second-order valence-electron chi connectivity index (χ2n) is 4.35. The Morgan fingerprint density at radius 2 is 2.05 bits per heavy atom. The van der Waals surface area contributed by atoms with E-state index in [-0.39, 0.29) is 6.42 Å². The zero-order valence-electron chi connectivity index (χ0n) is 12.2. The molecule has 0 amide bonds. The maximum absolute atomic E-state index is 10.5. The number of anilines is 1. The Hall–Kier alpha value is -2.28. The van der Waals surface area contributed by atoms with Gasteiger partial charge in [0.15, 0.2) is 16.6 Å². The molecule has 0 aliphatic rings. The third-order valence-corrected chi connectivity index (χ3v) is 3.51. The van der Waals surface area contributed by atoms with Crippen molar-refractivity contribution in [2.75, 3.05) is 25.1 Å². The number of carbonyl (C=O) groups excluding carboxylic acids is 1. The van der Waals surface area contributed by atoms with Crippen molar-refractivity contribution in [2.45, 2.75) is 13.3 Å². The van der Waals surface area contributed by atoms with Crippen molar-refractivity contribution < 1.29 is 19.4 Å². The summed E-state index contributed by atoms with van der Waals surface area (Å²) >= 11 is 1.36. The number of aromatic nitrogens is 1. The lowest BCUT2D eigenvalue weighted by atomic mass is 10.3. The van der Waals surface area contributed by atoms with Crippen molar-refractivity contribution in [1.29, 1.82) is 0 Å². The van der Waals surface area contributed by atoms with Crippen LogP contribution in [0.5, 0.6) is 11.5 Å². The molecule has 0 aliphatic heterocycles. The Kier molecular flexibility index (Phi) is 6.02. The van der Waals surface area contributed by atoms with E-state index in [1.807, 2.05) is 31.2 Å². The predicted octanol–water partition coefficient (Wildman–Crippen LogP) is 1.33. The van der Waals surface area contributed by atoms with E-state index in [0.717, 1.165) is 5.75 Å². The normalized spacial score (nSPS) is 10.2. The number of para-hydroxylation sites is 2. The first-order valence-corrected chi connectivity index (χ1v) is 7.79. The first-order chi connectivity index (χ1) is 10.7. The van der Waals surface area contributed by atoms with Gasteiger partial charge in [0.05, 0.1) is 18.8 Å². The molecule has 0 radical (unpaired) electrons. The predicted molar refractivity (Wildman–Crippen MR) is 82.4 cm³/mol. The van der Waals surface area contributed by atoms with Gasteiger partial charge in [-0.05, 0) is 19.1 Å². The molecule has 1 N–H and O–H groups in total. The van der Waals surface area contributed by atoms with E-state index in [1.165, 1.54) is 11.3 Å². The summed E-state index contributed by atoms with van der Waals surface area (Å²) in [6.45, 7) is 3.50. The summed E-state index contributed by atoms with van der Waals surface area (Å²) in [5.74, 6) is 0.283. The molecule has 1 aromatic heterocycles. The zero-order valence-corrected chi connectivity index (χ0v) is 13.0. The number of nitrogens with one attached hydrogen (secondary N) is 1. The number of rotatable bonds is 9. The van der Waals surface area contributed by atoms with Gasteiger partial charge in [0.1, 0.15) is 6.61 Å². The highest BCUT2D eigenvalue weighted by Crippen LogP contribution is 2.26. The number of aliphatic carboxylic acids is 1. The molecule has 1 aromatic carbocycles. The number of thiazole rings is 1. The summed E-state index contributed by atoms with van der Waals surface area (Å²) in [4.78, 5) is 14.6. The van der Waals surface area contributed by atoms with Crippen LogP contribution in [0.1, 0.15) is 12.6 Å². The molecule has 0 aliphatic carbocycles. The molecule has 0 atom stereocenters. The van der Waals surface area contributed by atoms with Crippen LogP contribution in [-0.4, -0.2) is 30.7 Å². The van der Waals surface area contributed by atoms with Gasteiger partial charge in [-0.15, -0.1) is 11.3 Å². The second kappa shape index (κ2) is 8.23. The van der Waals surface area contributed by atoms with Gasteiger partial charge in [0, 0.05) is 17.8 Å². The van der Waals surface area contributed by atoms with Gasteiger partial charge < -0.3 is 24.7 Å². The minimum Gasteiger partial charge on any atom is -0.550 e. The van der Waals surface area contributed by atoms with Gasteiger partial charge in [-0.25, -0.2) is 4.98 Å². The van der Waals surface area contributed by atoms with E-state index in [0.29, 0.717) is 36.3 Å². The standard InChI is InChI=1S/C15H18N2O4S/c1-2-20-12-5-3-4-6-13(12)21-8-7-16-15-17-11(10-22-15)9-14(18)19/h3-6,10H,2,7-9H2,1H3,(H,16,17)(H,18,19)/p-1. The first kappa shape index (κ1) is 16.1. The Labute approximate surface area is 132 Å². The van der Waals surface area contributed by atoms with E-state index in [9.17, 15) is 9.90 Å². The Morgan fingerprint density at radius 1 is 1.32 bits per heavy atom. The first-order valence-electron chi connectivity index (χ1n) is 6.91. The topological polar surface area (TPSA) is 83.5 Å². The molecule has 0 bridgehead atoms. The molecule has 1 heterocycles. The summed E-state index contributed by atoms with van der Waals surface area (Å²) in [5.41, 5.74) is 0.495. The lowest BCUT2D eigenvalue weighted by molar-refractivity contribution is -0.304. The van der Waals surface area contributed by atoms with E-state index < -0.39 is 5.97 Å². The fraction of sp³-hybridized carbons (Fsp3) is 0.333. The van der Waals surface area contributed by atoms with Crippen LogP contribution < -0.4 is 19.9 Å². The Bertz CT molecular complexity index is 615. The van der Waals surface area contributed by atoms with Crippen LogP contribution in [-0.2, 0) is 11.2 Å². The lowest BCUT2D eigenvalue weighted by Gasteiger charge is -2.11. The highest BCUT2D eigenvalue weighted by atomic mass is 32.1. The summed E-state index contributed by atoms with van der Waals surface area (Å²) < 4.78 is 11.1. The van der Waals surface area contributed by atoms with Crippen LogP contribution in [0.3, 0.4) is 0 Å². The highest BCUT2D eigenvalue weighted by molar-refractivity contribution is 7.13. The van der Waals surface area contributed by atoms with Crippen molar-refractivity contribution in [3.05, 3.63) is 35.3 Å². The minimum atomic E-state index is -1.13. The van der Waals surface area contributed by atoms with E-state index in [1.54, 1.807) is 5.38 Å². The number of carboxylic acids is 1. The summed E-state index contributed by atoms with van der Waals surface area (Å²) in [5, 5.41) is 15.9.